The van der Waals surface area contributed by atoms with Crippen LogP contribution in [0.3, 0.4) is 0 Å². The average Bonchev–Trinajstić information content (AvgIpc) is 3.05. The molecule has 7 nitrogen and oxygen atoms in total. The van der Waals surface area contributed by atoms with Crippen molar-refractivity contribution in [2.75, 3.05) is 20.3 Å². The standard InChI is InChI=1S/C16H18ClNO6S/c1-22-7-8-24-16(19)13-10-15(25(18,20)21)14(17)9-11(13)4-5-12-3-2-6-23-12/h2-3,6,9-10H,4-5,7-8H2,1H3,(H2,18,20,21). The van der Waals surface area contributed by atoms with Crippen molar-refractivity contribution in [2.24, 2.45) is 5.14 Å². The van der Waals surface area contributed by atoms with Crippen molar-refractivity contribution in [1.82, 2.24) is 0 Å². The van der Waals surface area contributed by atoms with Gasteiger partial charge < -0.3 is 13.9 Å². The Morgan fingerprint density at radius 3 is 2.64 bits per heavy atom. The number of hydrogen-bond acceptors (Lipinski definition) is 6. The highest BCUT2D eigenvalue weighted by molar-refractivity contribution is 7.89. The zero-order chi connectivity index (χ0) is 18.4. The number of carbonyl (C=O) groups excluding carboxylic acids is 1. The molecule has 136 valence electrons. The number of methoxy groups -OCH3 is 1. The summed E-state index contributed by atoms with van der Waals surface area (Å²) in [7, 11) is -2.60. The number of esters is 1. The number of aryl methyl sites for hydroxylation is 2. The number of benzene rings is 1. The second-order valence-corrected chi connectivity index (χ2v) is 7.13. The predicted molar refractivity (Wildman–Crippen MR) is 91.1 cm³/mol. The molecular weight excluding hydrogens is 370 g/mol. The van der Waals surface area contributed by atoms with Crippen LogP contribution >= 0.6 is 11.6 Å². The molecule has 0 spiro atoms. The molecule has 1 aromatic carbocycles. The van der Waals surface area contributed by atoms with Crippen LogP contribution in [0.25, 0.3) is 0 Å². The topological polar surface area (TPSA) is 109 Å². The first-order valence-electron chi connectivity index (χ1n) is 7.36. The zero-order valence-corrected chi connectivity index (χ0v) is 15.1. The Morgan fingerprint density at radius 2 is 2.04 bits per heavy atom. The van der Waals surface area contributed by atoms with E-state index in [2.05, 4.69) is 0 Å². The van der Waals surface area contributed by atoms with Crippen molar-refractivity contribution in [2.45, 2.75) is 17.7 Å². The quantitative estimate of drug-likeness (QED) is 0.549. The maximum Gasteiger partial charge on any atom is 0.338 e. The summed E-state index contributed by atoms with van der Waals surface area (Å²) in [6, 6.07) is 6.12. The number of ether oxygens (including phenoxy) is 2. The third-order valence-corrected chi connectivity index (χ3v) is 4.80. The van der Waals surface area contributed by atoms with E-state index in [1.54, 1.807) is 18.4 Å². The third-order valence-electron chi connectivity index (χ3n) is 3.43. The predicted octanol–water partition coefficient (Wildman–Crippen LogP) is 2.17. The normalized spacial score (nSPS) is 11.5. The lowest BCUT2D eigenvalue weighted by atomic mass is 10.0. The second-order valence-electron chi connectivity index (χ2n) is 5.19. The van der Waals surface area contributed by atoms with E-state index in [1.165, 1.54) is 13.2 Å². The van der Waals surface area contributed by atoms with Crippen LogP contribution in [-0.4, -0.2) is 34.7 Å². The lowest BCUT2D eigenvalue weighted by Gasteiger charge is -2.12. The van der Waals surface area contributed by atoms with E-state index >= 15 is 0 Å². The monoisotopic (exact) mass is 387 g/mol. The lowest BCUT2D eigenvalue weighted by molar-refractivity contribution is 0.0386. The molecule has 0 aliphatic carbocycles. The van der Waals surface area contributed by atoms with Crippen molar-refractivity contribution in [3.05, 3.63) is 52.4 Å². The van der Waals surface area contributed by atoms with Gasteiger partial charge in [-0.2, -0.15) is 0 Å². The van der Waals surface area contributed by atoms with Gasteiger partial charge in [0.05, 0.1) is 23.5 Å². The summed E-state index contributed by atoms with van der Waals surface area (Å²) in [4.78, 5) is 12.0. The molecule has 0 saturated heterocycles. The number of primary sulfonamides is 1. The van der Waals surface area contributed by atoms with Gasteiger partial charge in [0.1, 0.15) is 17.3 Å². The van der Waals surface area contributed by atoms with Crippen LogP contribution in [0.15, 0.2) is 39.8 Å². The van der Waals surface area contributed by atoms with E-state index in [0.717, 1.165) is 11.8 Å². The zero-order valence-electron chi connectivity index (χ0n) is 13.5. The SMILES string of the molecule is COCCOC(=O)c1cc(S(N)(=O)=O)c(Cl)cc1CCc1ccco1. The van der Waals surface area contributed by atoms with Crippen LogP contribution < -0.4 is 5.14 Å². The third kappa shape index (κ3) is 5.30. The van der Waals surface area contributed by atoms with E-state index in [1.807, 2.05) is 0 Å². The molecule has 1 aromatic heterocycles. The fourth-order valence-electron chi connectivity index (χ4n) is 2.22. The van der Waals surface area contributed by atoms with Crippen LogP contribution in [0.2, 0.25) is 5.02 Å². The second kappa shape index (κ2) is 8.48. The molecule has 0 aliphatic rings. The van der Waals surface area contributed by atoms with Crippen LogP contribution in [-0.2, 0) is 32.3 Å². The molecule has 0 fully saturated rings. The molecule has 0 aliphatic heterocycles. The molecule has 0 atom stereocenters. The maximum absolute atomic E-state index is 12.3. The Morgan fingerprint density at radius 1 is 1.28 bits per heavy atom. The van der Waals surface area contributed by atoms with Crippen molar-refractivity contribution < 1.29 is 27.1 Å². The van der Waals surface area contributed by atoms with Crippen molar-refractivity contribution in [3.8, 4) is 0 Å². The lowest BCUT2D eigenvalue weighted by Crippen LogP contribution is -2.17. The van der Waals surface area contributed by atoms with E-state index < -0.39 is 16.0 Å². The molecule has 0 bridgehead atoms. The van der Waals surface area contributed by atoms with Crippen molar-refractivity contribution in [1.29, 1.82) is 0 Å². The van der Waals surface area contributed by atoms with Gasteiger partial charge in [0, 0.05) is 13.5 Å². The van der Waals surface area contributed by atoms with Crippen molar-refractivity contribution in [3.63, 3.8) is 0 Å². The van der Waals surface area contributed by atoms with Gasteiger partial charge in [-0.05, 0) is 36.2 Å². The molecule has 2 N–H and O–H groups in total. The highest BCUT2D eigenvalue weighted by Crippen LogP contribution is 2.26. The summed E-state index contributed by atoms with van der Waals surface area (Å²) in [6.45, 7) is 0.267. The Hall–Kier alpha value is -1.87. The summed E-state index contributed by atoms with van der Waals surface area (Å²) in [6.07, 6.45) is 2.47. The molecule has 9 heteroatoms. The summed E-state index contributed by atoms with van der Waals surface area (Å²) in [5.74, 6) is 0.0541. The van der Waals surface area contributed by atoms with Gasteiger partial charge in [-0.3, -0.25) is 0 Å². The number of sulfonamides is 1. The average molecular weight is 388 g/mol. The minimum absolute atomic E-state index is 0.0420. The van der Waals surface area contributed by atoms with Gasteiger partial charge in [0.25, 0.3) is 0 Å². The first-order valence-corrected chi connectivity index (χ1v) is 9.29. The van der Waals surface area contributed by atoms with Crippen molar-refractivity contribution >= 4 is 27.6 Å². The molecule has 0 radical (unpaired) electrons. The molecule has 0 amide bonds. The highest BCUT2D eigenvalue weighted by atomic mass is 35.5. The van der Waals surface area contributed by atoms with E-state index in [4.69, 9.17) is 30.6 Å². The fourth-order valence-corrected chi connectivity index (χ4v) is 3.34. The minimum atomic E-state index is -4.07. The van der Waals surface area contributed by atoms with Gasteiger partial charge >= 0.3 is 5.97 Å². The molecule has 2 aromatic rings. The Balaban J connectivity index is 2.34. The molecule has 2 rings (SSSR count). The summed E-state index contributed by atoms with van der Waals surface area (Å²) >= 11 is 6.02. The number of halogens is 1. The first-order chi connectivity index (χ1) is 11.8. The summed E-state index contributed by atoms with van der Waals surface area (Å²) in [5.41, 5.74) is 0.632. The van der Waals surface area contributed by atoms with E-state index in [-0.39, 0.29) is 28.7 Å². The number of nitrogens with two attached hydrogens (primary N) is 1. The first kappa shape index (κ1) is 19.5. The molecule has 0 unspecified atom stereocenters. The molecule has 25 heavy (non-hydrogen) atoms. The smallest absolute Gasteiger partial charge is 0.338 e. The van der Waals surface area contributed by atoms with Gasteiger partial charge in [-0.15, -0.1) is 0 Å². The number of carbonyl (C=O) groups is 1. The number of hydrogen-bond donors (Lipinski definition) is 1. The van der Waals surface area contributed by atoms with E-state index in [0.29, 0.717) is 18.4 Å². The maximum atomic E-state index is 12.3. The molecule has 0 saturated carbocycles. The Labute approximate surface area is 150 Å². The fraction of sp³-hybridized carbons (Fsp3) is 0.312. The van der Waals surface area contributed by atoms with Gasteiger partial charge in [-0.1, -0.05) is 11.6 Å². The van der Waals surface area contributed by atoms with Gasteiger partial charge in [0.15, 0.2) is 0 Å². The van der Waals surface area contributed by atoms with Crippen LogP contribution in [0, 0.1) is 0 Å². The van der Waals surface area contributed by atoms with Gasteiger partial charge in [0.2, 0.25) is 10.0 Å². The number of furan rings is 1. The summed E-state index contributed by atoms with van der Waals surface area (Å²) in [5, 5.41) is 5.10. The van der Waals surface area contributed by atoms with Crippen LogP contribution in [0.4, 0.5) is 0 Å². The molecular formula is C16H18ClNO6S. The van der Waals surface area contributed by atoms with Crippen LogP contribution in [0.1, 0.15) is 21.7 Å². The van der Waals surface area contributed by atoms with Gasteiger partial charge in [-0.25, -0.2) is 18.4 Å². The minimum Gasteiger partial charge on any atom is -0.469 e. The highest BCUT2D eigenvalue weighted by Gasteiger charge is 2.21. The Bertz CT molecular complexity index is 833. The number of rotatable bonds is 8. The molecule has 1 heterocycles. The summed E-state index contributed by atoms with van der Waals surface area (Å²) < 4.78 is 38.5. The van der Waals surface area contributed by atoms with E-state index in [9.17, 15) is 13.2 Å². The van der Waals surface area contributed by atoms with Crippen LogP contribution in [0.5, 0.6) is 0 Å². The Kier molecular flexibility index (Phi) is 6.60. The largest absolute Gasteiger partial charge is 0.469 e.